The molecule has 1 aromatic heterocycles. The second-order valence-electron chi connectivity index (χ2n) is 5.04. The van der Waals surface area contributed by atoms with Gasteiger partial charge in [-0.05, 0) is 24.6 Å². The summed E-state index contributed by atoms with van der Waals surface area (Å²) in [5, 5.41) is 3.94. The van der Waals surface area contributed by atoms with E-state index in [9.17, 15) is 16.8 Å². The molecule has 9 heteroatoms. The number of sulfonamides is 1. The van der Waals surface area contributed by atoms with Gasteiger partial charge < -0.3 is 0 Å². The van der Waals surface area contributed by atoms with Crippen molar-refractivity contribution in [2.75, 3.05) is 17.6 Å². The van der Waals surface area contributed by atoms with Crippen LogP contribution in [-0.2, 0) is 26.9 Å². The highest BCUT2D eigenvalue weighted by molar-refractivity contribution is 7.93. The van der Waals surface area contributed by atoms with Gasteiger partial charge in [-0.2, -0.15) is 5.10 Å². The molecule has 120 valence electrons. The maximum absolute atomic E-state index is 12.7. The average molecular weight is 343 g/mol. The third kappa shape index (κ3) is 3.00. The van der Waals surface area contributed by atoms with Crippen LogP contribution >= 0.6 is 0 Å². The van der Waals surface area contributed by atoms with Crippen LogP contribution < -0.4 is 4.31 Å². The summed E-state index contributed by atoms with van der Waals surface area (Å²) >= 11 is 0. The van der Waals surface area contributed by atoms with E-state index in [0.717, 1.165) is 10.6 Å². The van der Waals surface area contributed by atoms with Gasteiger partial charge in [0.2, 0.25) is 0 Å². The van der Waals surface area contributed by atoms with Gasteiger partial charge in [0, 0.05) is 26.5 Å². The Kier molecular flexibility index (Phi) is 4.05. The van der Waals surface area contributed by atoms with Crippen LogP contribution in [0.25, 0.3) is 0 Å². The first kappa shape index (κ1) is 16.5. The Morgan fingerprint density at radius 3 is 2.32 bits per heavy atom. The molecule has 0 aliphatic heterocycles. The molecule has 0 fully saturated rings. The lowest BCUT2D eigenvalue weighted by atomic mass is 10.2. The Bertz CT molecular complexity index is 915. The van der Waals surface area contributed by atoms with Crippen LogP contribution in [-0.4, -0.2) is 39.9 Å². The highest BCUT2D eigenvalue weighted by Gasteiger charge is 2.25. The van der Waals surface area contributed by atoms with Gasteiger partial charge in [0.1, 0.15) is 0 Å². The fourth-order valence-electron chi connectivity index (χ4n) is 1.95. The zero-order chi connectivity index (χ0) is 16.7. The molecule has 0 atom stereocenters. The van der Waals surface area contributed by atoms with Crippen LogP contribution in [0.15, 0.2) is 40.4 Å². The number of hydrogen-bond acceptors (Lipinski definition) is 5. The summed E-state index contributed by atoms with van der Waals surface area (Å²) in [6.07, 6.45) is 4.03. The van der Waals surface area contributed by atoms with E-state index in [4.69, 9.17) is 0 Å². The van der Waals surface area contributed by atoms with Gasteiger partial charge in [0.15, 0.2) is 9.84 Å². The standard InChI is InChI=1S/C13H17N3O4S2/c1-10-5-6-12(21(4,17)18)7-13(10)22(19,20)16(3)11-8-14-15(2)9-11/h5-9H,1-4H3. The summed E-state index contributed by atoms with van der Waals surface area (Å²) in [5.74, 6) is 0. The Labute approximate surface area is 130 Å². The number of benzene rings is 1. The molecule has 0 aliphatic rings. The molecule has 2 aromatic rings. The molecule has 1 heterocycles. The van der Waals surface area contributed by atoms with E-state index in [1.165, 1.54) is 36.1 Å². The first-order valence-corrected chi connectivity index (χ1v) is 9.65. The molecule has 0 saturated carbocycles. The summed E-state index contributed by atoms with van der Waals surface area (Å²) in [6.45, 7) is 1.62. The Morgan fingerprint density at radius 1 is 1.18 bits per heavy atom. The zero-order valence-corrected chi connectivity index (χ0v) is 14.3. The summed E-state index contributed by atoms with van der Waals surface area (Å²) in [6, 6.07) is 4.07. The molecule has 0 aliphatic carbocycles. The van der Waals surface area contributed by atoms with E-state index in [1.807, 2.05) is 0 Å². The quantitative estimate of drug-likeness (QED) is 0.825. The number of aryl methyl sites for hydroxylation is 2. The van der Waals surface area contributed by atoms with Gasteiger partial charge in [-0.1, -0.05) is 6.07 Å². The third-order valence-electron chi connectivity index (χ3n) is 3.28. The average Bonchev–Trinajstić information content (AvgIpc) is 2.83. The fourth-order valence-corrected chi connectivity index (χ4v) is 4.09. The van der Waals surface area contributed by atoms with E-state index in [0.29, 0.717) is 11.3 Å². The Hall–Kier alpha value is -1.87. The maximum atomic E-state index is 12.7. The van der Waals surface area contributed by atoms with Crippen LogP contribution in [0, 0.1) is 6.92 Å². The van der Waals surface area contributed by atoms with Gasteiger partial charge >= 0.3 is 0 Å². The van der Waals surface area contributed by atoms with Crippen molar-refractivity contribution in [2.45, 2.75) is 16.7 Å². The van der Waals surface area contributed by atoms with Crippen molar-refractivity contribution in [1.29, 1.82) is 0 Å². The summed E-state index contributed by atoms with van der Waals surface area (Å²) < 4.78 is 51.3. The van der Waals surface area contributed by atoms with Crippen molar-refractivity contribution in [3.05, 3.63) is 36.2 Å². The topological polar surface area (TPSA) is 89.3 Å². The van der Waals surface area contributed by atoms with Crippen molar-refractivity contribution < 1.29 is 16.8 Å². The lowest BCUT2D eigenvalue weighted by molar-refractivity contribution is 0.593. The minimum atomic E-state index is -3.88. The number of aromatic nitrogens is 2. The zero-order valence-electron chi connectivity index (χ0n) is 12.7. The summed E-state index contributed by atoms with van der Waals surface area (Å²) in [4.78, 5) is -0.0713. The minimum absolute atomic E-state index is 0.0312. The molecule has 0 N–H and O–H groups in total. The van der Waals surface area contributed by atoms with Crippen LogP contribution in [0.1, 0.15) is 5.56 Å². The first-order valence-electron chi connectivity index (χ1n) is 6.32. The largest absolute Gasteiger partial charge is 0.274 e. The number of nitrogens with zero attached hydrogens (tertiary/aromatic N) is 3. The van der Waals surface area contributed by atoms with Gasteiger partial charge in [0.25, 0.3) is 10.0 Å². The molecule has 0 bridgehead atoms. The van der Waals surface area contributed by atoms with Crippen LogP contribution in [0.3, 0.4) is 0 Å². The smallest absolute Gasteiger partial charge is 0.264 e. The van der Waals surface area contributed by atoms with Crippen LogP contribution in [0.4, 0.5) is 5.69 Å². The van der Waals surface area contributed by atoms with Crippen LogP contribution in [0.5, 0.6) is 0 Å². The van der Waals surface area contributed by atoms with Crippen molar-refractivity contribution in [1.82, 2.24) is 9.78 Å². The molecular formula is C13H17N3O4S2. The number of sulfone groups is 1. The SMILES string of the molecule is Cc1ccc(S(C)(=O)=O)cc1S(=O)(=O)N(C)c1cnn(C)c1. The van der Waals surface area contributed by atoms with Gasteiger partial charge in [-0.15, -0.1) is 0 Å². The lowest BCUT2D eigenvalue weighted by Gasteiger charge is -2.19. The molecule has 1 aromatic carbocycles. The minimum Gasteiger partial charge on any atom is -0.274 e. The monoisotopic (exact) mass is 343 g/mol. The van der Waals surface area contributed by atoms with E-state index in [-0.39, 0.29) is 9.79 Å². The van der Waals surface area contributed by atoms with Crippen molar-refractivity contribution in [3.63, 3.8) is 0 Å². The number of anilines is 1. The van der Waals surface area contributed by atoms with Gasteiger partial charge in [-0.3, -0.25) is 8.99 Å². The lowest BCUT2D eigenvalue weighted by Crippen LogP contribution is -2.27. The van der Waals surface area contributed by atoms with Crippen LogP contribution in [0.2, 0.25) is 0 Å². The second kappa shape index (κ2) is 5.40. The van der Waals surface area contributed by atoms with Crippen molar-refractivity contribution in [2.24, 2.45) is 7.05 Å². The molecule has 0 saturated heterocycles. The predicted octanol–water partition coefficient (Wildman–Crippen LogP) is 0.957. The van der Waals surface area contributed by atoms with E-state index in [1.54, 1.807) is 20.2 Å². The Balaban J connectivity index is 2.58. The van der Waals surface area contributed by atoms with E-state index >= 15 is 0 Å². The normalized spacial score (nSPS) is 12.4. The third-order valence-corrected chi connectivity index (χ3v) is 6.32. The molecule has 0 unspecified atom stereocenters. The summed E-state index contributed by atoms with van der Waals surface area (Å²) in [7, 11) is -4.28. The first-order chi connectivity index (χ1) is 10.0. The van der Waals surface area contributed by atoms with E-state index in [2.05, 4.69) is 5.10 Å². The van der Waals surface area contributed by atoms with E-state index < -0.39 is 19.9 Å². The second-order valence-corrected chi connectivity index (χ2v) is 9.00. The molecule has 0 amide bonds. The molecule has 0 spiro atoms. The molecule has 0 radical (unpaired) electrons. The number of rotatable bonds is 4. The van der Waals surface area contributed by atoms with Crippen molar-refractivity contribution in [3.8, 4) is 0 Å². The molecule has 7 nitrogen and oxygen atoms in total. The molecular weight excluding hydrogens is 326 g/mol. The Morgan fingerprint density at radius 2 is 1.82 bits per heavy atom. The summed E-state index contributed by atoms with van der Waals surface area (Å²) in [5.41, 5.74) is 0.870. The van der Waals surface area contributed by atoms with Crippen molar-refractivity contribution >= 4 is 25.5 Å². The highest BCUT2D eigenvalue weighted by Crippen LogP contribution is 2.26. The van der Waals surface area contributed by atoms with Gasteiger partial charge in [0.05, 0.1) is 21.7 Å². The fraction of sp³-hybridized carbons (Fsp3) is 0.308. The molecule has 22 heavy (non-hydrogen) atoms. The predicted molar refractivity (Wildman–Crippen MR) is 83.1 cm³/mol. The van der Waals surface area contributed by atoms with Gasteiger partial charge in [-0.25, -0.2) is 16.8 Å². The molecule has 2 rings (SSSR count). The number of hydrogen-bond donors (Lipinski definition) is 0. The highest BCUT2D eigenvalue weighted by atomic mass is 32.2. The maximum Gasteiger partial charge on any atom is 0.264 e.